The van der Waals surface area contributed by atoms with E-state index in [1.54, 1.807) is 0 Å². The van der Waals surface area contributed by atoms with E-state index in [1.807, 2.05) is 0 Å². The van der Waals surface area contributed by atoms with Crippen molar-refractivity contribution in [3.8, 4) is 5.75 Å². The minimum Gasteiger partial charge on any atom is -0.480 e. The molecule has 0 aliphatic carbocycles. The molecule has 120 valence electrons. The lowest BCUT2D eigenvalue weighted by Crippen LogP contribution is -2.40. The molecule has 8 heteroatoms. The van der Waals surface area contributed by atoms with E-state index in [0.717, 1.165) is 24.3 Å². The van der Waals surface area contributed by atoms with Gasteiger partial charge < -0.3 is 15.2 Å². The van der Waals surface area contributed by atoms with Crippen LogP contribution in [0.5, 0.6) is 5.75 Å². The zero-order chi connectivity index (χ0) is 16.8. The standard InChI is InChI=1S/C14H14F3NO4/c1-2-3-4-11(13(20)21)18-12(19)9-5-7-10(8-6-9)22-14(15,16)17/h2,5-8,11H,1,3-4H2,(H,18,19)(H,20,21). The van der Waals surface area contributed by atoms with Crippen LogP contribution < -0.4 is 10.1 Å². The van der Waals surface area contributed by atoms with E-state index in [4.69, 9.17) is 5.11 Å². The molecule has 0 heterocycles. The quantitative estimate of drug-likeness (QED) is 0.758. The van der Waals surface area contributed by atoms with E-state index in [9.17, 15) is 22.8 Å². The van der Waals surface area contributed by atoms with Crippen molar-refractivity contribution in [1.29, 1.82) is 0 Å². The molecule has 0 fully saturated rings. The van der Waals surface area contributed by atoms with E-state index in [2.05, 4.69) is 16.6 Å². The Morgan fingerprint density at radius 2 is 1.91 bits per heavy atom. The number of carboxylic acid groups (broad SMARTS) is 1. The molecule has 1 unspecified atom stereocenters. The highest BCUT2D eigenvalue weighted by Gasteiger charge is 2.31. The normalized spacial score (nSPS) is 12.3. The second-order valence-electron chi connectivity index (χ2n) is 4.30. The molecule has 0 aromatic heterocycles. The number of hydrogen-bond donors (Lipinski definition) is 2. The second-order valence-corrected chi connectivity index (χ2v) is 4.30. The first kappa shape index (κ1) is 17.5. The fourth-order valence-electron chi connectivity index (χ4n) is 1.59. The Kier molecular flexibility index (Phi) is 5.97. The number of aliphatic carboxylic acids is 1. The van der Waals surface area contributed by atoms with Crippen molar-refractivity contribution >= 4 is 11.9 Å². The summed E-state index contributed by atoms with van der Waals surface area (Å²) < 4.78 is 39.7. The van der Waals surface area contributed by atoms with Crippen molar-refractivity contribution < 1.29 is 32.6 Å². The largest absolute Gasteiger partial charge is 0.573 e. The molecule has 5 nitrogen and oxygen atoms in total. The molecule has 1 aromatic carbocycles. The highest BCUT2D eigenvalue weighted by atomic mass is 19.4. The number of nitrogens with one attached hydrogen (secondary N) is 1. The van der Waals surface area contributed by atoms with Crippen LogP contribution in [0.3, 0.4) is 0 Å². The third-order valence-corrected chi connectivity index (χ3v) is 2.61. The summed E-state index contributed by atoms with van der Waals surface area (Å²) in [6, 6.07) is 3.08. The lowest BCUT2D eigenvalue weighted by molar-refractivity contribution is -0.274. The van der Waals surface area contributed by atoms with E-state index in [-0.39, 0.29) is 12.0 Å². The Morgan fingerprint density at radius 1 is 1.32 bits per heavy atom. The van der Waals surface area contributed by atoms with Crippen LogP contribution in [0, 0.1) is 0 Å². The maximum atomic E-state index is 12.0. The topological polar surface area (TPSA) is 75.6 Å². The van der Waals surface area contributed by atoms with Gasteiger partial charge in [0.25, 0.3) is 5.91 Å². The van der Waals surface area contributed by atoms with Crippen molar-refractivity contribution in [2.75, 3.05) is 0 Å². The summed E-state index contributed by atoms with van der Waals surface area (Å²) in [5.74, 6) is -2.37. The zero-order valence-electron chi connectivity index (χ0n) is 11.4. The summed E-state index contributed by atoms with van der Waals surface area (Å²) in [6.07, 6.45) is -2.73. The van der Waals surface area contributed by atoms with Crippen LogP contribution >= 0.6 is 0 Å². The first-order valence-corrected chi connectivity index (χ1v) is 6.23. The second kappa shape index (κ2) is 7.48. The van der Waals surface area contributed by atoms with Gasteiger partial charge in [-0.25, -0.2) is 4.79 Å². The molecule has 0 saturated carbocycles. The Hall–Kier alpha value is -2.51. The Balaban J connectivity index is 2.72. The highest BCUT2D eigenvalue weighted by Crippen LogP contribution is 2.22. The number of hydrogen-bond acceptors (Lipinski definition) is 3. The number of carbonyl (C=O) groups is 2. The molecule has 1 aromatic rings. The lowest BCUT2D eigenvalue weighted by atomic mass is 10.1. The van der Waals surface area contributed by atoms with Crippen molar-refractivity contribution in [1.82, 2.24) is 5.32 Å². The van der Waals surface area contributed by atoms with Gasteiger partial charge in [-0.15, -0.1) is 19.8 Å². The molecule has 0 spiro atoms. The number of alkyl halides is 3. The molecule has 22 heavy (non-hydrogen) atoms. The van der Waals surface area contributed by atoms with Gasteiger partial charge in [0.15, 0.2) is 0 Å². The number of ether oxygens (including phenoxy) is 1. The zero-order valence-corrected chi connectivity index (χ0v) is 11.4. The molecule has 0 bridgehead atoms. The van der Waals surface area contributed by atoms with Gasteiger partial charge in [0.2, 0.25) is 0 Å². The van der Waals surface area contributed by atoms with E-state index >= 15 is 0 Å². The van der Waals surface area contributed by atoms with Gasteiger partial charge in [-0.2, -0.15) is 0 Å². The van der Waals surface area contributed by atoms with Crippen LogP contribution in [0.2, 0.25) is 0 Å². The summed E-state index contributed by atoms with van der Waals surface area (Å²) in [6.45, 7) is 3.46. The minimum atomic E-state index is -4.82. The molecule has 0 saturated heterocycles. The van der Waals surface area contributed by atoms with E-state index < -0.39 is 30.0 Å². The smallest absolute Gasteiger partial charge is 0.480 e. The SMILES string of the molecule is C=CCCC(NC(=O)c1ccc(OC(F)(F)F)cc1)C(=O)O. The van der Waals surface area contributed by atoms with Gasteiger partial charge >= 0.3 is 12.3 Å². The van der Waals surface area contributed by atoms with Gasteiger partial charge in [-0.3, -0.25) is 4.79 Å². The van der Waals surface area contributed by atoms with Crippen molar-refractivity contribution in [3.05, 3.63) is 42.5 Å². The molecule has 0 aliphatic rings. The number of allylic oxidation sites excluding steroid dienone is 1. The van der Waals surface area contributed by atoms with Gasteiger partial charge in [-0.05, 0) is 37.1 Å². The Bertz CT molecular complexity index is 540. The number of amides is 1. The predicted octanol–water partition coefficient (Wildman–Crippen LogP) is 2.73. The van der Waals surface area contributed by atoms with Crippen LogP contribution in [0.15, 0.2) is 36.9 Å². The maximum absolute atomic E-state index is 12.0. The van der Waals surface area contributed by atoms with Gasteiger partial charge in [0.05, 0.1) is 0 Å². The van der Waals surface area contributed by atoms with E-state index in [1.165, 1.54) is 6.08 Å². The molecule has 0 radical (unpaired) electrons. The number of rotatable bonds is 7. The van der Waals surface area contributed by atoms with Crippen LogP contribution in [0.4, 0.5) is 13.2 Å². The third kappa shape index (κ3) is 5.86. The van der Waals surface area contributed by atoms with Gasteiger partial charge in [-0.1, -0.05) is 6.08 Å². The molecule has 2 N–H and O–H groups in total. The fourth-order valence-corrected chi connectivity index (χ4v) is 1.59. The van der Waals surface area contributed by atoms with Crippen molar-refractivity contribution in [2.24, 2.45) is 0 Å². The Morgan fingerprint density at radius 3 is 2.36 bits per heavy atom. The average Bonchev–Trinajstić information content (AvgIpc) is 2.42. The third-order valence-electron chi connectivity index (χ3n) is 2.61. The predicted molar refractivity (Wildman–Crippen MR) is 71.4 cm³/mol. The summed E-state index contributed by atoms with van der Waals surface area (Å²) in [7, 11) is 0. The van der Waals surface area contributed by atoms with Gasteiger partial charge in [0, 0.05) is 5.56 Å². The summed E-state index contributed by atoms with van der Waals surface area (Å²) in [5.41, 5.74) is 0.0272. The Labute approximate surface area is 124 Å². The molecule has 1 amide bonds. The number of carboxylic acids is 1. The van der Waals surface area contributed by atoms with Crippen LogP contribution in [0.1, 0.15) is 23.2 Å². The van der Waals surface area contributed by atoms with Gasteiger partial charge in [0.1, 0.15) is 11.8 Å². The fraction of sp³-hybridized carbons (Fsp3) is 0.286. The van der Waals surface area contributed by atoms with Crippen LogP contribution in [0.25, 0.3) is 0 Å². The van der Waals surface area contributed by atoms with Crippen LogP contribution in [-0.2, 0) is 4.79 Å². The summed E-state index contributed by atoms with van der Waals surface area (Å²) >= 11 is 0. The molecule has 0 aliphatic heterocycles. The monoisotopic (exact) mass is 317 g/mol. The minimum absolute atomic E-state index is 0.0272. The number of halogens is 3. The summed E-state index contributed by atoms with van der Waals surface area (Å²) in [5, 5.41) is 11.3. The highest BCUT2D eigenvalue weighted by molar-refractivity contribution is 5.96. The number of carbonyl (C=O) groups excluding carboxylic acids is 1. The number of benzene rings is 1. The first-order chi connectivity index (χ1) is 10.2. The first-order valence-electron chi connectivity index (χ1n) is 6.23. The lowest BCUT2D eigenvalue weighted by Gasteiger charge is -2.14. The van der Waals surface area contributed by atoms with Crippen molar-refractivity contribution in [2.45, 2.75) is 25.2 Å². The van der Waals surface area contributed by atoms with E-state index in [0.29, 0.717) is 6.42 Å². The maximum Gasteiger partial charge on any atom is 0.573 e. The molecule has 1 atom stereocenters. The van der Waals surface area contributed by atoms with Crippen molar-refractivity contribution in [3.63, 3.8) is 0 Å². The molecular weight excluding hydrogens is 303 g/mol. The van der Waals surface area contributed by atoms with Crippen LogP contribution in [-0.4, -0.2) is 29.4 Å². The molecular formula is C14H14F3NO4. The average molecular weight is 317 g/mol. The molecule has 1 rings (SSSR count). The summed E-state index contributed by atoms with van der Waals surface area (Å²) in [4.78, 5) is 22.8.